The van der Waals surface area contributed by atoms with Gasteiger partial charge < -0.3 is 14.8 Å². The first kappa shape index (κ1) is 21.0. The minimum Gasteiger partial charge on any atom is -0.495 e. The monoisotopic (exact) mass is 409 g/mol. The van der Waals surface area contributed by atoms with E-state index in [-0.39, 0.29) is 23.7 Å². The zero-order valence-corrected chi connectivity index (χ0v) is 16.2. The van der Waals surface area contributed by atoms with Gasteiger partial charge in [-0.3, -0.25) is 19.2 Å². The van der Waals surface area contributed by atoms with Crippen molar-refractivity contribution in [3.05, 3.63) is 52.6 Å². The van der Waals surface area contributed by atoms with Crippen LogP contribution in [-0.2, 0) is 14.8 Å². The Hall–Kier alpha value is -3.34. The third-order valence-corrected chi connectivity index (χ3v) is 4.94. The Morgan fingerprint density at radius 3 is 2.39 bits per heavy atom. The number of nitro groups is 1. The molecule has 0 aliphatic heterocycles. The van der Waals surface area contributed by atoms with Crippen LogP contribution in [0.5, 0.6) is 11.5 Å². The number of nitrogens with one attached hydrogen (secondary N) is 1. The van der Waals surface area contributed by atoms with Gasteiger partial charge in [0.1, 0.15) is 11.5 Å². The number of methoxy groups -OCH3 is 1. The number of carbonyl (C=O) groups excluding carboxylic acids is 1. The summed E-state index contributed by atoms with van der Waals surface area (Å²) < 4.78 is 34.6. The van der Waals surface area contributed by atoms with E-state index in [1.807, 2.05) is 0 Å². The molecule has 0 unspecified atom stereocenters. The smallest absolute Gasteiger partial charge is 0.271 e. The first-order chi connectivity index (χ1) is 13.1. The van der Waals surface area contributed by atoms with Gasteiger partial charge in [-0.05, 0) is 30.3 Å². The standard InChI is InChI=1S/C17H19N3O7S/c1-19(28(3,24)25)12-4-7-14(8-5-12)27-11-17(21)18-15-10-13(20(22)23)6-9-16(15)26-2/h4-10H,11H2,1-3H3,(H,18,21). The number of amides is 1. The number of nitro benzene ring substituents is 1. The zero-order chi connectivity index (χ0) is 20.9. The fraction of sp³-hybridized carbons (Fsp3) is 0.235. The van der Waals surface area contributed by atoms with Crippen molar-refractivity contribution >= 4 is 33.0 Å². The van der Waals surface area contributed by atoms with Gasteiger partial charge in [0.05, 0.1) is 29.7 Å². The van der Waals surface area contributed by atoms with Crippen molar-refractivity contribution in [1.82, 2.24) is 0 Å². The van der Waals surface area contributed by atoms with Crippen molar-refractivity contribution in [2.45, 2.75) is 0 Å². The Morgan fingerprint density at radius 2 is 1.86 bits per heavy atom. The first-order valence-corrected chi connectivity index (χ1v) is 9.75. The van der Waals surface area contributed by atoms with Crippen molar-refractivity contribution in [3.8, 4) is 11.5 Å². The molecule has 0 aromatic heterocycles. The van der Waals surface area contributed by atoms with Gasteiger partial charge in [0.15, 0.2) is 6.61 Å². The van der Waals surface area contributed by atoms with Crippen LogP contribution in [0.15, 0.2) is 42.5 Å². The number of anilines is 2. The van der Waals surface area contributed by atoms with Gasteiger partial charge in [0.25, 0.3) is 11.6 Å². The molecule has 2 aromatic rings. The zero-order valence-electron chi connectivity index (χ0n) is 15.4. The maximum atomic E-state index is 12.1. The third kappa shape index (κ3) is 5.33. The third-order valence-electron chi connectivity index (χ3n) is 3.74. The highest BCUT2D eigenvalue weighted by Gasteiger charge is 2.15. The number of ether oxygens (including phenoxy) is 2. The summed E-state index contributed by atoms with van der Waals surface area (Å²) in [7, 11) is -0.578. The Balaban J connectivity index is 2.01. The molecule has 0 spiro atoms. The Bertz CT molecular complexity index is 975. The summed E-state index contributed by atoms with van der Waals surface area (Å²) in [4.78, 5) is 22.4. The largest absolute Gasteiger partial charge is 0.495 e. The highest BCUT2D eigenvalue weighted by molar-refractivity contribution is 7.92. The lowest BCUT2D eigenvalue weighted by Gasteiger charge is -2.16. The van der Waals surface area contributed by atoms with Gasteiger partial charge in [-0.1, -0.05) is 0 Å². The molecule has 0 radical (unpaired) electrons. The van der Waals surface area contributed by atoms with E-state index >= 15 is 0 Å². The average molecular weight is 409 g/mol. The molecule has 0 aliphatic carbocycles. The predicted octanol–water partition coefficient (Wildman–Crippen LogP) is 2.02. The molecule has 1 amide bonds. The fourth-order valence-corrected chi connectivity index (χ4v) is 2.69. The molecule has 0 bridgehead atoms. The first-order valence-electron chi connectivity index (χ1n) is 7.91. The Kier molecular flexibility index (Phi) is 6.41. The highest BCUT2D eigenvalue weighted by Crippen LogP contribution is 2.28. The second-order valence-corrected chi connectivity index (χ2v) is 7.72. The summed E-state index contributed by atoms with van der Waals surface area (Å²) in [6.07, 6.45) is 1.09. The quantitative estimate of drug-likeness (QED) is 0.522. The van der Waals surface area contributed by atoms with E-state index in [1.165, 1.54) is 56.6 Å². The summed E-state index contributed by atoms with van der Waals surface area (Å²) in [5, 5.41) is 13.4. The van der Waals surface area contributed by atoms with Crippen LogP contribution in [0.2, 0.25) is 0 Å². The van der Waals surface area contributed by atoms with Crippen LogP contribution in [0.4, 0.5) is 17.1 Å². The van der Waals surface area contributed by atoms with Crippen molar-refractivity contribution < 1.29 is 27.6 Å². The number of carbonyl (C=O) groups is 1. The molecule has 2 aromatic carbocycles. The molecule has 10 nitrogen and oxygen atoms in total. The van der Waals surface area contributed by atoms with Crippen molar-refractivity contribution in [2.75, 3.05) is 36.6 Å². The SMILES string of the molecule is COc1ccc([N+](=O)[O-])cc1NC(=O)COc1ccc(N(C)S(C)(=O)=O)cc1. The lowest BCUT2D eigenvalue weighted by Crippen LogP contribution is -2.24. The van der Waals surface area contributed by atoms with Gasteiger partial charge in [-0.15, -0.1) is 0 Å². The van der Waals surface area contributed by atoms with E-state index in [0.717, 1.165) is 10.6 Å². The lowest BCUT2D eigenvalue weighted by molar-refractivity contribution is -0.384. The van der Waals surface area contributed by atoms with Gasteiger partial charge >= 0.3 is 0 Å². The molecule has 0 atom stereocenters. The second kappa shape index (κ2) is 8.57. The van der Waals surface area contributed by atoms with E-state index < -0.39 is 20.9 Å². The number of hydrogen-bond acceptors (Lipinski definition) is 7. The molecule has 0 saturated carbocycles. The normalized spacial score (nSPS) is 10.8. The molecular weight excluding hydrogens is 390 g/mol. The number of sulfonamides is 1. The van der Waals surface area contributed by atoms with Crippen LogP contribution in [0, 0.1) is 10.1 Å². The van der Waals surface area contributed by atoms with Gasteiger partial charge in [-0.25, -0.2) is 8.42 Å². The molecule has 0 aliphatic rings. The molecule has 0 saturated heterocycles. The van der Waals surface area contributed by atoms with Crippen LogP contribution in [0.3, 0.4) is 0 Å². The van der Waals surface area contributed by atoms with Crippen molar-refractivity contribution in [1.29, 1.82) is 0 Å². The molecule has 28 heavy (non-hydrogen) atoms. The van der Waals surface area contributed by atoms with Crippen LogP contribution in [0.1, 0.15) is 0 Å². The number of benzene rings is 2. The number of non-ortho nitro benzene ring substituents is 1. The lowest BCUT2D eigenvalue weighted by atomic mass is 10.2. The van der Waals surface area contributed by atoms with Gasteiger partial charge in [0.2, 0.25) is 10.0 Å². The Labute approximate surface area is 161 Å². The minimum atomic E-state index is -3.38. The van der Waals surface area contributed by atoms with E-state index in [2.05, 4.69) is 5.32 Å². The predicted molar refractivity (Wildman–Crippen MR) is 103 cm³/mol. The maximum Gasteiger partial charge on any atom is 0.271 e. The molecule has 0 heterocycles. The molecule has 150 valence electrons. The average Bonchev–Trinajstić information content (AvgIpc) is 2.65. The molecule has 11 heteroatoms. The topological polar surface area (TPSA) is 128 Å². The van der Waals surface area contributed by atoms with Crippen molar-refractivity contribution in [3.63, 3.8) is 0 Å². The highest BCUT2D eigenvalue weighted by atomic mass is 32.2. The summed E-state index contributed by atoms with van der Waals surface area (Å²) in [6, 6.07) is 9.96. The molecule has 1 N–H and O–H groups in total. The summed E-state index contributed by atoms with van der Waals surface area (Å²) in [6.45, 7) is -0.354. The van der Waals surface area contributed by atoms with E-state index in [4.69, 9.17) is 9.47 Å². The molecule has 2 rings (SSSR count). The van der Waals surface area contributed by atoms with E-state index in [9.17, 15) is 23.3 Å². The van der Waals surface area contributed by atoms with E-state index in [1.54, 1.807) is 0 Å². The van der Waals surface area contributed by atoms with Crippen LogP contribution in [0.25, 0.3) is 0 Å². The van der Waals surface area contributed by atoms with Gasteiger partial charge in [-0.2, -0.15) is 0 Å². The molecule has 0 fully saturated rings. The van der Waals surface area contributed by atoms with Crippen LogP contribution >= 0.6 is 0 Å². The fourth-order valence-electron chi connectivity index (χ4n) is 2.19. The van der Waals surface area contributed by atoms with Crippen LogP contribution in [-0.4, -0.2) is 46.3 Å². The van der Waals surface area contributed by atoms with E-state index in [0.29, 0.717) is 11.4 Å². The molecular formula is C17H19N3O7S. The Morgan fingerprint density at radius 1 is 1.21 bits per heavy atom. The minimum absolute atomic E-state index is 0.149. The maximum absolute atomic E-state index is 12.1. The summed E-state index contributed by atoms with van der Waals surface area (Å²) >= 11 is 0. The number of hydrogen-bond donors (Lipinski definition) is 1. The van der Waals surface area contributed by atoms with Crippen molar-refractivity contribution in [2.24, 2.45) is 0 Å². The number of nitrogens with zero attached hydrogens (tertiary/aromatic N) is 2. The van der Waals surface area contributed by atoms with Crippen LogP contribution < -0.4 is 19.1 Å². The van der Waals surface area contributed by atoms with Gasteiger partial charge in [0, 0.05) is 19.2 Å². The summed E-state index contributed by atoms with van der Waals surface area (Å²) in [5.74, 6) is 0.0788. The second-order valence-electron chi connectivity index (χ2n) is 5.70. The number of rotatable bonds is 8. The summed E-state index contributed by atoms with van der Waals surface area (Å²) in [5.41, 5.74) is 0.402.